The van der Waals surface area contributed by atoms with Crippen molar-refractivity contribution in [1.82, 2.24) is 10.3 Å². The Balaban J connectivity index is 2.04. The van der Waals surface area contributed by atoms with Crippen molar-refractivity contribution in [2.75, 3.05) is 0 Å². The molecular formula is C15H20N2OS. The Kier molecular flexibility index (Phi) is 4.93. The Labute approximate surface area is 118 Å². The van der Waals surface area contributed by atoms with Gasteiger partial charge in [0.15, 0.2) is 0 Å². The predicted molar refractivity (Wildman–Crippen MR) is 79.4 cm³/mol. The molecular weight excluding hydrogens is 256 g/mol. The number of thiophene rings is 1. The highest BCUT2D eigenvalue weighted by Crippen LogP contribution is 2.24. The molecule has 1 atom stereocenters. The SMILES string of the molecule is CCCC(NCc1nc(C)ccc1O)c1cccs1. The first-order valence-corrected chi connectivity index (χ1v) is 7.51. The molecule has 3 nitrogen and oxygen atoms in total. The maximum atomic E-state index is 9.81. The first-order chi connectivity index (χ1) is 9.20. The summed E-state index contributed by atoms with van der Waals surface area (Å²) in [6, 6.07) is 8.10. The van der Waals surface area contributed by atoms with Crippen molar-refractivity contribution in [1.29, 1.82) is 0 Å². The molecule has 4 heteroatoms. The lowest BCUT2D eigenvalue weighted by Gasteiger charge is -2.17. The minimum absolute atomic E-state index is 0.263. The summed E-state index contributed by atoms with van der Waals surface area (Å²) in [6.07, 6.45) is 2.22. The van der Waals surface area contributed by atoms with Gasteiger partial charge in [0.05, 0.1) is 5.69 Å². The lowest BCUT2D eigenvalue weighted by molar-refractivity contribution is 0.445. The molecule has 0 radical (unpaired) electrons. The fourth-order valence-electron chi connectivity index (χ4n) is 2.08. The summed E-state index contributed by atoms with van der Waals surface area (Å²) in [5.41, 5.74) is 1.65. The largest absolute Gasteiger partial charge is 0.506 e. The number of hydrogen-bond acceptors (Lipinski definition) is 4. The molecule has 0 saturated heterocycles. The van der Waals surface area contributed by atoms with Crippen molar-refractivity contribution < 1.29 is 5.11 Å². The number of nitrogens with zero attached hydrogens (tertiary/aromatic N) is 1. The topological polar surface area (TPSA) is 45.2 Å². The third-order valence-corrected chi connectivity index (χ3v) is 4.06. The van der Waals surface area contributed by atoms with Crippen LogP contribution in [0.3, 0.4) is 0 Å². The average molecular weight is 276 g/mol. The average Bonchev–Trinajstić information content (AvgIpc) is 2.92. The van der Waals surface area contributed by atoms with Gasteiger partial charge in [0.25, 0.3) is 0 Å². The van der Waals surface area contributed by atoms with E-state index in [0.717, 1.165) is 24.2 Å². The molecule has 0 aliphatic heterocycles. The van der Waals surface area contributed by atoms with Gasteiger partial charge in [-0.1, -0.05) is 19.4 Å². The molecule has 0 aliphatic rings. The summed E-state index contributed by atoms with van der Waals surface area (Å²) in [5.74, 6) is 0.263. The van der Waals surface area contributed by atoms with Crippen LogP contribution in [0, 0.1) is 6.92 Å². The maximum Gasteiger partial charge on any atom is 0.138 e. The summed E-state index contributed by atoms with van der Waals surface area (Å²) in [6.45, 7) is 4.71. The van der Waals surface area contributed by atoms with Crippen molar-refractivity contribution in [3.8, 4) is 5.75 Å². The highest BCUT2D eigenvalue weighted by Gasteiger charge is 2.12. The van der Waals surface area contributed by atoms with E-state index in [2.05, 4.69) is 34.7 Å². The van der Waals surface area contributed by atoms with Crippen LogP contribution in [0.4, 0.5) is 0 Å². The van der Waals surface area contributed by atoms with Crippen LogP contribution in [0.25, 0.3) is 0 Å². The van der Waals surface area contributed by atoms with Crippen molar-refractivity contribution in [2.24, 2.45) is 0 Å². The monoisotopic (exact) mass is 276 g/mol. The zero-order chi connectivity index (χ0) is 13.7. The van der Waals surface area contributed by atoms with E-state index in [1.165, 1.54) is 4.88 Å². The molecule has 0 aliphatic carbocycles. The quantitative estimate of drug-likeness (QED) is 0.843. The van der Waals surface area contributed by atoms with Crippen LogP contribution in [-0.2, 0) is 6.54 Å². The maximum absolute atomic E-state index is 9.81. The second-order valence-corrected chi connectivity index (χ2v) is 5.64. The fourth-order valence-corrected chi connectivity index (χ4v) is 2.91. The van der Waals surface area contributed by atoms with Gasteiger partial charge in [0, 0.05) is 23.2 Å². The normalized spacial score (nSPS) is 12.5. The molecule has 0 fully saturated rings. The van der Waals surface area contributed by atoms with Gasteiger partial charge < -0.3 is 10.4 Å². The standard InChI is InChI=1S/C15H20N2OS/c1-3-5-12(15-6-4-9-19-15)16-10-13-14(18)8-7-11(2)17-13/h4,6-9,12,16,18H,3,5,10H2,1-2H3. The number of pyridine rings is 1. The van der Waals surface area contributed by atoms with Crippen LogP contribution in [-0.4, -0.2) is 10.1 Å². The molecule has 2 heterocycles. The third kappa shape index (κ3) is 3.78. The zero-order valence-electron chi connectivity index (χ0n) is 11.4. The first kappa shape index (κ1) is 14.0. The predicted octanol–water partition coefficient (Wildman–Crippen LogP) is 3.79. The van der Waals surface area contributed by atoms with Gasteiger partial charge in [-0.15, -0.1) is 11.3 Å². The zero-order valence-corrected chi connectivity index (χ0v) is 12.2. The molecule has 2 N–H and O–H groups in total. The van der Waals surface area contributed by atoms with Gasteiger partial charge in [-0.2, -0.15) is 0 Å². The van der Waals surface area contributed by atoms with E-state index in [1.807, 2.05) is 13.0 Å². The summed E-state index contributed by atoms with van der Waals surface area (Å²) in [5, 5.41) is 15.4. The summed E-state index contributed by atoms with van der Waals surface area (Å²) >= 11 is 1.77. The Morgan fingerprint density at radius 2 is 2.21 bits per heavy atom. The molecule has 2 aromatic heterocycles. The van der Waals surface area contributed by atoms with Crippen LogP contribution in [0.5, 0.6) is 5.75 Å². The number of aryl methyl sites for hydroxylation is 1. The molecule has 0 amide bonds. The minimum Gasteiger partial charge on any atom is -0.506 e. The van der Waals surface area contributed by atoms with Gasteiger partial charge in [0.1, 0.15) is 5.75 Å². The van der Waals surface area contributed by atoms with E-state index < -0.39 is 0 Å². The summed E-state index contributed by atoms with van der Waals surface area (Å²) < 4.78 is 0. The number of rotatable bonds is 6. The van der Waals surface area contributed by atoms with E-state index in [9.17, 15) is 5.11 Å². The Bertz CT molecular complexity index is 511. The van der Waals surface area contributed by atoms with Crippen molar-refractivity contribution in [3.63, 3.8) is 0 Å². The Hall–Kier alpha value is -1.39. The van der Waals surface area contributed by atoms with Crippen LogP contribution in [0.2, 0.25) is 0 Å². The highest BCUT2D eigenvalue weighted by molar-refractivity contribution is 7.10. The summed E-state index contributed by atoms with van der Waals surface area (Å²) in [4.78, 5) is 5.72. The third-order valence-electron chi connectivity index (χ3n) is 3.07. The van der Waals surface area contributed by atoms with Gasteiger partial charge in [0.2, 0.25) is 0 Å². The van der Waals surface area contributed by atoms with E-state index in [0.29, 0.717) is 12.6 Å². The molecule has 0 bridgehead atoms. The molecule has 19 heavy (non-hydrogen) atoms. The van der Waals surface area contributed by atoms with Gasteiger partial charge in [-0.25, -0.2) is 0 Å². The van der Waals surface area contributed by atoms with Gasteiger partial charge in [-0.3, -0.25) is 4.98 Å². The van der Waals surface area contributed by atoms with Gasteiger partial charge in [-0.05, 0) is 36.9 Å². The second kappa shape index (κ2) is 6.68. The van der Waals surface area contributed by atoms with Crippen LogP contribution >= 0.6 is 11.3 Å². The van der Waals surface area contributed by atoms with Crippen molar-refractivity contribution in [2.45, 2.75) is 39.3 Å². The first-order valence-electron chi connectivity index (χ1n) is 6.63. The highest BCUT2D eigenvalue weighted by atomic mass is 32.1. The number of nitrogens with one attached hydrogen (secondary N) is 1. The van der Waals surface area contributed by atoms with E-state index in [-0.39, 0.29) is 5.75 Å². The fraction of sp³-hybridized carbons (Fsp3) is 0.400. The van der Waals surface area contributed by atoms with E-state index >= 15 is 0 Å². The molecule has 1 unspecified atom stereocenters. The van der Waals surface area contributed by atoms with Gasteiger partial charge >= 0.3 is 0 Å². The molecule has 2 rings (SSSR count). The Morgan fingerprint density at radius 3 is 2.89 bits per heavy atom. The van der Waals surface area contributed by atoms with E-state index in [1.54, 1.807) is 17.4 Å². The lowest BCUT2D eigenvalue weighted by Crippen LogP contribution is -2.20. The van der Waals surface area contributed by atoms with Crippen molar-refractivity contribution >= 4 is 11.3 Å². The lowest BCUT2D eigenvalue weighted by atomic mass is 10.1. The minimum atomic E-state index is 0.263. The summed E-state index contributed by atoms with van der Waals surface area (Å²) in [7, 11) is 0. The number of hydrogen-bond donors (Lipinski definition) is 2. The van der Waals surface area contributed by atoms with Crippen LogP contribution < -0.4 is 5.32 Å². The molecule has 2 aromatic rings. The van der Waals surface area contributed by atoms with E-state index in [4.69, 9.17) is 0 Å². The van der Waals surface area contributed by atoms with Crippen LogP contribution in [0.15, 0.2) is 29.6 Å². The van der Waals surface area contributed by atoms with Crippen LogP contribution in [0.1, 0.15) is 42.1 Å². The number of aromatic hydroxyl groups is 1. The smallest absolute Gasteiger partial charge is 0.138 e. The molecule has 0 saturated carbocycles. The molecule has 0 spiro atoms. The van der Waals surface area contributed by atoms with Crippen molar-refractivity contribution in [3.05, 3.63) is 45.9 Å². The second-order valence-electron chi connectivity index (χ2n) is 4.66. The molecule has 0 aromatic carbocycles. The molecule has 102 valence electrons. The Morgan fingerprint density at radius 1 is 1.37 bits per heavy atom. The number of aromatic nitrogens is 1.